The number of aromatic nitrogens is 2. The van der Waals surface area contributed by atoms with Crippen LogP contribution in [-0.4, -0.2) is 21.3 Å². The van der Waals surface area contributed by atoms with Crippen molar-refractivity contribution in [3.05, 3.63) is 28.8 Å². The highest BCUT2D eigenvalue weighted by atomic mass is 35.5. The standard InChI is InChI=1S/C13H14Cl2FN3O/c1-7(4-12(17)20)19-11-6-9(16)8(15)5-10(11)18-13(19)2-3-14/h5-7H,2-4H2,1H3,(H2,17,20). The van der Waals surface area contributed by atoms with Gasteiger partial charge in [-0.25, -0.2) is 9.37 Å². The number of carbonyl (C=O) groups excluding carboxylic acids is 1. The zero-order valence-electron chi connectivity index (χ0n) is 10.9. The maximum atomic E-state index is 13.7. The molecule has 1 aromatic carbocycles. The first kappa shape index (κ1) is 15.1. The van der Waals surface area contributed by atoms with Crippen molar-refractivity contribution in [2.75, 3.05) is 5.88 Å². The Kier molecular flexibility index (Phi) is 4.50. The number of nitrogens with two attached hydrogens (primary N) is 1. The quantitative estimate of drug-likeness (QED) is 0.861. The molecule has 108 valence electrons. The fourth-order valence-corrected chi connectivity index (χ4v) is 2.60. The molecule has 0 aliphatic carbocycles. The minimum absolute atomic E-state index is 0.0159. The van der Waals surface area contributed by atoms with E-state index in [9.17, 15) is 9.18 Å². The number of nitrogens with zero attached hydrogens (tertiary/aromatic N) is 2. The molecule has 1 amide bonds. The molecule has 1 unspecified atom stereocenters. The molecule has 4 nitrogen and oxygen atoms in total. The van der Waals surface area contributed by atoms with Crippen molar-refractivity contribution in [2.24, 2.45) is 5.73 Å². The van der Waals surface area contributed by atoms with Crippen LogP contribution in [0.5, 0.6) is 0 Å². The SMILES string of the molecule is CC(CC(N)=O)n1c(CCCl)nc2cc(Cl)c(F)cc21. The molecule has 0 radical (unpaired) electrons. The number of halogens is 3. The number of hydrogen-bond acceptors (Lipinski definition) is 2. The van der Waals surface area contributed by atoms with Crippen LogP contribution in [0.3, 0.4) is 0 Å². The topological polar surface area (TPSA) is 60.9 Å². The first-order valence-electron chi connectivity index (χ1n) is 6.14. The maximum Gasteiger partial charge on any atom is 0.219 e. The van der Waals surface area contributed by atoms with Gasteiger partial charge in [0.05, 0.1) is 16.1 Å². The Morgan fingerprint density at radius 2 is 2.25 bits per heavy atom. The Morgan fingerprint density at radius 3 is 2.85 bits per heavy atom. The van der Waals surface area contributed by atoms with Crippen molar-refractivity contribution in [1.82, 2.24) is 9.55 Å². The summed E-state index contributed by atoms with van der Waals surface area (Å²) >= 11 is 11.5. The van der Waals surface area contributed by atoms with Crippen LogP contribution < -0.4 is 5.73 Å². The van der Waals surface area contributed by atoms with Gasteiger partial charge in [0.25, 0.3) is 0 Å². The van der Waals surface area contributed by atoms with E-state index in [1.54, 1.807) is 4.57 Å². The number of aryl methyl sites for hydroxylation is 1. The number of fused-ring (bicyclic) bond motifs is 1. The number of benzene rings is 1. The van der Waals surface area contributed by atoms with Crippen molar-refractivity contribution >= 4 is 40.1 Å². The molecule has 1 aromatic heterocycles. The fraction of sp³-hybridized carbons (Fsp3) is 0.385. The Morgan fingerprint density at radius 1 is 1.55 bits per heavy atom. The van der Waals surface area contributed by atoms with Crippen LogP contribution in [0.25, 0.3) is 11.0 Å². The van der Waals surface area contributed by atoms with E-state index in [0.29, 0.717) is 29.2 Å². The lowest BCUT2D eigenvalue weighted by atomic mass is 10.2. The molecule has 0 saturated carbocycles. The number of alkyl halides is 1. The lowest BCUT2D eigenvalue weighted by molar-refractivity contribution is -0.118. The van der Waals surface area contributed by atoms with E-state index >= 15 is 0 Å². The van der Waals surface area contributed by atoms with Gasteiger partial charge in [-0.05, 0) is 13.0 Å². The molecule has 2 N–H and O–H groups in total. The summed E-state index contributed by atoms with van der Waals surface area (Å²) in [4.78, 5) is 15.5. The largest absolute Gasteiger partial charge is 0.370 e. The van der Waals surface area contributed by atoms with E-state index in [2.05, 4.69) is 4.98 Å². The number of imidazole rings is 1. The summed E-state index contributed by atoms with van der Waals surface area (Å²) in [5.41, 5.74) is 6.39. The van der Waals surface area contributed by atoms with Crippen molar-refractivity contribution in [2.45, 2.75) is 25.8 Å². The molecule has 0 aliphatic heterocycles. The zero-order valence-corrected chi connectivity index (χ0v) is 12.4. The van der Waals surface area contributed by atoms with E-state index in [1.807, 2.05) is 6.92 Å². The maximum absolute atomic E-state index is 13.7. The number of amides is 1. The molecule has 2 rings (SSSR count). The third kappa shape index (κ3) is 2.88. The smallest absolute Gasteiger partial charge is 0.219 e. The van der Waals surface area contributed by atoms with E-state index in [4.69, 9.17) is 28.9 Å². The zero-order chi connectivity index (χ0) is 14.9. The van der Waals surface area contributed by atoms with Gasteiger partial charge in [-0.2, -0.15) is 0 Å². The van der Waals surface area contributed by atoms with Gasteiger partial charge in [0, 0.05) is 30.8 Å². The van der Waals surface area contributed by atoms with Crippen LogP contribution in [0.4, 0.5) is 4.39 Å². The van der Waals surface area contributed by atoms with E-state index < -0.39 is 11.7 Å². The molecule has 1 heterocycles. The Bertz CT molecular complexity index is 657. The van der Waals surface area contributed by atoms with Crippen molar-refractivity contribution < 1.29 is 9.18 Å². The van der Waals surface area contributed by atoms with Crippen molar-refractivity contribution in [3.8, 4) is 0 Å². The van der Waals surface area contributed by atoms with Crippen LogP contribution in [0.1, 0.15) is 25.2 Å². The molecule has 7 heteroatoms. The van der Waals surface area contributed by atoms with Gasteiger partial charge in [0.2, 0.25) is 5.91 Å². The molecular formula is C13H14Cl2FN3O. The van der Waals surface area contributed by atoms with Gasteiger partial charge in [-0.15, -0.1) is 11.6 Å². The summed E-state index contributed by atoms with van der Waals surface area (Å²) in [6.45, 7) is 1.83. The van der Waals surface area contributed by atoms with E-state index in [-0.39, 0.29) is 17.5 Å². The van der Waals surface area contributed by atoms with E-state index in [1.165, 1.54) is 12.1 Å². The summed E-state index contributed by atoms with van der Waals surface area (Å²) in [6.07, 6.45) is 0.656. The lowest BCUT2D eigenvalue weighted by Gasteiger charge is -2.16. The van der Waals surface area contributed by atoms with Gasteiger partial charge in [-0.1, -0.05) is 11.6 Å². The highest BCUT2D eigenvalue weighted by molar-refractivity contribution is 6.31. The Hall–Kier alpha value is -1.33. The minimum Gasteiger partial charge on any atom is -0.370 e. The van der Waals surface area contributed by atoms with Crippen LogP contribution in [0, 0.1) is 5.82 Å². The first-order valence-corrected chi connectivity index (χ1v) is 7.05. The van der Waals surface area contributed by atoms with Crippen molar-refractivity contribution in [1.29, 1.82) is 0 Å². The second-order valence-electron chi connectivity index (χ2n) is 4.61. The Balaban J connectivity index is 2.61. The second kappa shape index (κ2) is 5.97. The third-order valence-electron chi connectivity index (χ3n) is 3.06. The molecule has 2 aromatic rings. The van der Waals surface area contributed by atoms with Crippen LogP contribution in [0.2, 0.25) is 5.02 Å². The molecular weight excluding hydrogens is 304 g/mol. The lowest BCUT2D eigenvalue weighted by Crippen LogP contribution is -2.19. The van der Waals surface area contributed by atoms with Gasteiger partial charge in [-0.3, -0.25) is 4.79 Å². The van der Waals surface area contributed by atoms with Gasteiger partial charge < -0.3 is 10.3 Å². The van der Waals surface area contributed by atoms with Crippen LogP contribution in [-0.2, 0) is 11.2 Å². The number of rotatable bonds is 5. The summed E-state index contributed by atoms with van der Waals surface area (Å²) < 4.78 is 15.5. The molecule has 20 heavy (non-hydrogen) atoms. The molecule has 0 bridgehead atoms. The Labute approximate surface area is 125 Å². The summed E-state index contributed by atoms with van der Waals surface area (Å²) in [7, 11) is 0. The molecule has 1 atom stereocenters. The van der Waals surface area contributed by atoms with Gasteiger partial charge >= 0.3 is 0 Å². The van der Waals surface area contributed by atoms with Crippen LogP contribution >= 0.6 is 23.2 Å². The monoisotopic (exact) mass is 317 g/mol. The van der Waals surface area contributed by atoms with E-state index in [0.717, 1.165) is 0 Å². The fourth-order valence-electron chi connectivity index (χ4n) is 2.28. The molecule has 0 spiro atoms. The first-order chi connectivity index (χ1) is 9.43. The molecule has 0 saturated heterocycles. The summed E-state index contributed by atoms with van der Waals surface area (Å²) in [6, 6.07) is 2.56. The normalized spacial score (nSPS) is 12.8. The highest BCUT2D eigenvalue weighted by Crippen LogP contribution is 2.27. The third-order valence-corrected chi connectivity index (χ3v) is 3.54. The number of hydrogen-bond donors (Lipinski definition) is 1. The van der Waals surface area contributed by atoms with Gasteiger partial charge in [0.1, 0.15) is 11.6 Å². The predicted molar refractivity (Wildman–Crippen MR) is 77.6 cm³/mol. The number of carbonyl (C=O) groups is 1. The number of primary amides is 1. The summed E-state index contributed by atoms with van der Waals surface area (Å²) in [5, 5.41) is 0.0159. The summed E-state index contributed by atoms with van der Waals surface area (Å²) in [5.74, 6) is 0.114. The predicted octanol–water partition coefficient (Wildman–Crippen LogP) is 3.05. The second-order valence-corrected chi connectivity index (χ2v) is 5.40. The average Bonchev–Trinajstić information content (AvgIpc) is 2.67. The molecule has 0 aliphatic rings. The van der Waals surface area contributed by atoms with Gasteiger partial charge in [0.15, 0.2) is 0 Å². The van der Waals surface area contributed by atoms with Crippen LogP contribution in [0.15, 0.2) is 12.1 Å². The minimum atomic E-state index is -0.524. The molecule has 0 fully saturated rings. The van der Waals surface area contributed by atoms with Crippen molar-refractivity contribution in [3.63, 3.8) is 0 Å². The highest BCUT2D eigenvalue weighted by Gasteiger charge is 2.18. The average molecular weight is 318 g/mol.